The summed E-state index contributed by atoms with van der Waals surface area (Å²) in [7, 11) is 0. The van der Waals surface area contributed by atoms with Crippen LogP contribution in [0.3, 0.4) is 0 Å². The van der Waals surface area contributed by atoms with E-state index in [2.05, 4.69) is 16.7 Å². The summed E-state index contributed by atoms with van der Waals surface area (Å²) in [5.74, 6) is -0.505. The van der Waals surface area contributed by atoms with Crippen LogP contribution < -0.4 is 16.4 Å². The van der Waals surface area contributed by atoms with Crippen LogP contribution in [0.15, 0.2) is 29.8 Å². The molecule has 4 N–H and O–H groups in total. The number of nitrogens with one attached hydrogen (secondary N) is 2. The summed E-state index contributed by atoms with van der Waals surface area (Å²) >= 11 is 5.99. The van der Waals surface area contributed by atoms with Crippen molar-refractivity contribution in [2.45, 2.75) is 12.8 Å². The number of carbonyl (C=O) groups is 1. The molecular formula is C14H18ClN3O. The summed E-state index contributed by atoms with van der Waals surface area (Å²) in [4.78, 5) is 11.4. The van der Waals surface area contributed by atoms with Gasteiger partial charge in [0.1, 0.15) is 0 Å². The molecule has 0 spiro atoms. The zero-order valence-electron chi connectivity index (χ0n) is 10.7. The molecule has 1 aromatic carbocycles. The average Bonchev–Trinajstić information content (AvgIpc) is 2.39. The Balaban J connectivity index is 1.97. The molecule has 0 bridgehead atoms. The van der Waals surface area contributed by atoms with Crippen LogP contribution in [-0.4, -0.2) is 25.5 Å². The summed E-state index contributed by atoms with van der Waals surface area (Å²) in [6.45, 7) is 2.75. The van der Waals surface area contributed by atoms with Crippen molar-refractivity contribution >= 4 is 23.2 Å². The van der Waals surface area contributed by atoms with E-state index in [1.807, 2.05) is 6.07 Å². The van der Waals surface area contributed by atoms with E-state index in [9.17, 15) is 4.79 Å². The zero-order chi connectivity index (χ0) is 13.7. The molecule has 0 radical (unpaired) electrons. The third-order valence-corrected chi connectivity index (χ3v) is 3.49. The Bertz CT molecular complexity index is 499. The number of anilines is 1. The van der Waals surface area contributed by atoms with Crippen LogP contribution in [0.4, 0.5) is 5.69 Å². The highest BCUT2D eigenvalue weighted by Gasteiger charge is 2.12. The van der Waals surface area contributed by atoms with Gasteiger partial charge in [-0.05, 0) is 31.5 Å². The van der Waals surface area contributed by atoms with Crippen LogP contribution in [-0.2, 0) is 0 Å². The van der Waals surface area contributed by atoms with Crippen LogP contribution >= 0.6 is 11.6 Å². The Labute approximate surface area is 118 Å². The van der Waals surface area contributed by atoms with Gasteiger partial charge in [0.05, 0.1) is 10.6 Å². The van der Waals surface area contributed by atoms with E-state index >= 15 is 0 Å². The van der Waals surface area contributed by atoms with E-state index in [4.69, 9.17) is 17.3 Å². The van der Waals surface area contributed by atoms with Crippen LogP contribution in [0.1, 0.15) is 23.2 Å². The number of benzene rings is 1. The van der Waals surface area contributed by atoms with Gasteiger partial charge in [-0.15, -0.1) is 0 Å². The summed E-state index contributed by atoms with van der Waals surface area (Å²) < 4.78 is 0. The van der Waals surface area contributed by atoms with Crippen molar-refractivity contribution in [2.24, 2.45) is 5.73 Å². The van der Waals surface area contributed by atoms with Crippen molar-refractivity contribution in [1.29, 1.82) is 0 Å². The monoisotopic (exact) mass is 279 g/mol. The Kier molecular flexibility index (Phi) is 4.82. The summed E-state index contributed by atoms with van der Waals surface area (Å²) in [6, 6.07) is 5.30. The average molecular weight is 280 g/mol. The van der Waals surface area contributed by atoms with Crippen LogP contribution in [0.5, 0.6) is 0 Å². The molecule has 1 heterocycles. The Morgan fingerprint density at radius 3 is 3.00 bits per heavy atom. The maximum atomic E-state index is 11.4. The van der Waals surface area contributed by atoms with Gasteiger partial charge in [0.2, 0.25) is 0 Å². The zero-order valence-corrected chi connectivity index (χ0v) is 11.5. The van der Waals surface area contributed by atoms with Gasteiger partial charge in [0, 0.05) is 18.8 Å². The summed E-state index contributed by atoms with van der Waals surface area (Å²) in [5, 5.41) is 6.90. The Hall–Kier alpha value is -1.52. The first-order chi connectivity index (χ1) is 9.18. The highest BCUT2D eigenvalue weighted by molar-refractivity contribution is 6.34. The molecule has 0 fully saturated rings. The number of amides is 1. The molecule has 4 nitrogen and oxygen atoms in total. The Morgan fingerprint density at radius 1 is 1.47 bits per heavy atom. The second-order valence-corrected chi connectivity index (χ2v) is 4.93. The van der Waals surface area contributed by atoms with Gasteiger partial charge in [-0.25, -0.2) is 0 Å². The molecule has 2 rings (SSSR count). The third kappa shape index (κ3) is 3.72. The molecule has 19 heavy (non-hydrogen) atoms. The molecule has 0 saturated carbocycles. The molecule has 0 aromatic heterocycles. The van der Waals surface area contributed by atoms with Gasteiger partial charge < -0.3 is 16.4 Å². The maximum Gasteiger partial charge on any atom is 0.252 e. The highest BCUT2D eigenvalue weighted by atomic mass is 35.5. The number of rotatable bonds is 5. The number of nitrogens with two attached hydrogens (primary N) is 1. The van der Waals surface area contributed by atoms with Gasteiger partial charge >= 0.3 is 0 Å². The van der Waals surface area contributed by atoms with Crippen LogP contribution in [0, 0.1) is 0 Å². The fraction of sp³-hybridized carbons (Fsp3) is 0.357. The van der Waals surface area contributed by atoms with Crippen LogP contribution in [0.2, 0.25) is 5.02 Å². The van der Waals surface area contributed by atoms with Crippen LogP contribution in [0.25, 0.3) is 0 Å². The van der Waals surface area contributed by atoms with Crippen molar-refractivity contribution in [3.05, 3.63) is 40.4 Å². The first kappa shape index (κ1) is 13.9. The molecule has 5 heteroatoms. The van der Waals surface area contributed by atoms with E-state index in [1.165, 1.54) is 5.57 Å². The lowest BCUT2D eigenvalue weighted by Gasteiger charge is -2.15. The van der Waals surface area contributed by atoms with E-state index in [-0.39, 0.29) is 0 Å². The molecule has 0 saturated heterocycles. The molecule has 1 aliphatic heterocycles. The minimum Gasteiger partial charge on any atom is -0.384 e. The second-order valence-electron chi connectivity index (χ2n) is 4.52. The predicted octanol–water partition coefficient (Wildman–Crippen LogP) is 2.16. The molecule has 1 aliphatic rings. The summed E-state index contributed by atoms with van der Waals surface area (Å²) in [5.41, 5.74) is 7.85. The SMILES string of the molecule is NC(=O)c1c(Cl)cccc1NCCC1=CCNCC1. The minimum atomic E-state index is -0.505. The topological polar surface area (TPSA) is 67.2 Å². The normalized spacial score (nSPS) is 14.9. The number of hydrogen-bond acceptors (Lipinski definition) is 3. The van der Waals surface area contributed by atoms with Crippen molar-refractivity contribution < 1.29 is 4.79 Å². The fourth-order valence-corrected chi connectivity index (χ4v) is 2.44. The molecule has 0 atom stereocenters. The quantitative estimate of drug-likeness (QED) is 0.724. The van der Waals surface area contributed by atoms with E-state index < -0.39 is 5.91 Å². The minimum absolute atomic E-state index is 0.364. The van der Waals surface area contributed by atoms with Gasteiger partial charge in [0.25, 0.3) is 5.91 Å². The van der Waals surface area contributed by atoms with Gasteiger partial charge in [0.15, 0.2) is 0 Å². The molecule has 0 aliphatic carbocycles. The predicted molar refractivity (Wildman–Crippen MR) is 78.6 cm³/mol. The lowest BCUT2D eigenvalue weighted by atomic mass is 10.1. The van der Waals surface area contributed by atoms with Gasteiger partial charge in [-0.2, -0.15) is 0 Å². The molecule has 1 amide bonds. The second kappa shape index (κ2) is 6.59. The van der Waals surface area contributed by atoms with Crippen molar-refractivity contribution in [3.8, 4) is 0 Å². The number of carbonyl (C=O) groups excluding carboxylic acids is 1. The first-order valence-corrected chi connectivity index (χ1v) is 6.77. The van der Waals surface area contributed by atoms with E-state index in [1.54, 1.807) is 12.1 Å². The van der Waals surface area contributed by atoms with Crippen molar-refractivity contribution in [1.82, 2.24) is 5.32 Å². The van der Waals surface area contributed by atoms with E-state index in [0.717, 1.165) is 32.5 Å². The lowest BCUT2D eigenvalue weighted by molar-refractivity contribution is 0.100. The smallest absolute Gasteiger partial charge is 0.252 e. The Morgan fingerprint density at radius 2 is 2.32 bits per heavy atom. The maximum absolute atomic E-state index is 11.4. The molecule has 0 unspecified atom stereocenters. The summed E-state index contributed by atoms with van der Waals surface area (Å²) in [6.07, 6.45) is 4.27. The number of halogens is 1. The largest absolute Gasteiger partial charge is 0.384 e. The lowest BCUT2D eigenvalue weighted by Crippen LogP contribution is -2.21. The number of primary amides is 1. The van der Waals surface area contributed by atoms with Gasteiger partial charge in [-0.1, -0.05) is 29.3 Å². The molecular weight excluding hydrogens is 262 g/mol. The standard InChI is InChI=1S/C14H18ClN3O/c15-11-2-1-3-12(13(11)14(16)19)18-9-6-10-4-7-17-8-5-10/h1-4,17-18H,5-9H2,(H2,16,19). The fourth-order valence-electron chi connectivity index (χ4n) is 2.18. The third-order valence-electron chi connectivity index (χ3n) is 3.18. The van der Waals surface area contributed by atoms with E-state index in [0.29, 0.717) is 16.3 Å². The van der Waals surface area contributed by atoms with Crippen molar-refractivity contribution in [2.75, 3.05) is 25.0 Å². The van der Waals surface area contributed by atoms with Crippen molar-refractivity contribution in [3.63, 3.8) is 0 Å². The first-order valence-electron chi connectivity index (χ1n) is 6.39. The molecule has 102 valence electrons. The highest BCUT2D eigenvalue weighted by Crippen LogP contribution is 2.24. The molecule has 1 aromatic rings. The number of hydrogen-bond donors (Lipinski definition) is 3. The van der Waals surface area contributed by atoms with Gasteiger partial charge in [-0.3, -0.25) is 4.79 Å².